The van der Waals surface area contributed by atoms with Crippen LogP contribution in [0.2, 0.25) is 0 Å². The van der Waals surface area contributed by atoms with Gasteiger partial charge in [-0.05, 0) is 65.8 Å². The predicted molar refractivity (Wildman–Crippen MR) is 166 cm³/mol. The summed E-state index contributed by atoms with van der Waals surface area (Å²) in [6.07, 6.45) is 3.12. The minimum absolute atomic E-state index is 0.182. The molecule has 3 aromatic heterocycles. The lowest BCUT2D eigenvalue weighted by Crippen LogP contribution is -2.31. The first kappa shape index (κ1) is 25.1. The minimum atomic E-state index is 0.182. The first-order valence-corrected chi connectivity index (χ1v) is 14.0. The van der Waals surface area contributed by atoms with Gasteiger partial charge in [0.25, 0.3) is 0 Å². The molecular formula is C37H31N2O2+. The van der Waals surface area contributed by atoms with Crippen LogP contribution < -0.4 is 4.57 Å². The molecule has 0 aliphatic heterocycles. The first-order valence-electron chi connectivity index (χ1n) is 14.0. The van der Waals surface area contributed by atoms with Crippen molar-refractivity contribution in [3.8, 4) is 28.5 Å². The Morgan fingerprint density at radius 1 is 0.756 bits per heavy atom. The van der Waals surface area contributed by atoms with Crippen LogP contribution in [0.3, 0.4) is 0 Å². The molecule has 4 heteroatoms. The lowest BCUT2D eigenvalue weighted by molar-refractivity contribution is -0.660. The van der Waals surface area contributed by atoms with Crippen LogP contribution in [0.25, 0.3) is 66.3 Å². The molecule has 0 amide bonds. The fourth-order valence-corrected chi connectivity index (χ4v) is 6.17. The molecule has 0 atom stereocenters. The number of hydrogen-bond acceptors (Lipinski definition) is 3. The summed E-state index contributed by atoms with van der Waals surface area (Å²) in [6.45, 7) is 8.93. The maximum Gasteiger partial charge on any atom is 0.216 e. The van der Waals surface area contributed by atoms with Crippen LogP contribution in [0.5, 0.6) is 0 Å². The van der Waals surface area contributed by atoms with Gasteiger partial charge in [-0.2, -0.15) is 5.26 Å². The van der Waals surface area contributed by atoms with Crippen molar-refractivity contribution < 1.29 is 13.4 Å². The van der Waals surface area contributed by atoms with Crippen LogP contribution in [0.4, 0.5) is 0 Å². The zero-order chi connectivity index (χ0) is 28.5. The smallest absolute Gasteiger partial charge is 0.216 e. The number of aromatic nitrogens is 1. The molecule has 0 saturated heterocycles. The third kappa shape index (κ3) is 4.08. The van der Waals surface area contributed by atoms with E-state index in [0.29, 0.717) is 5.56 Å². The molecule has 7 aromatic rings. The number of hydrogen-bond donors (Lipinski definition) is 0. The summed E-state index contributed by atoms with van der Waals surface area (Å²) in [5, 5.41) is 14.3. The van der Waals surface area contributed by atoms with E-state index in [1.165, 1.54) is 5.56 Å². The Balaban J connectivity index is 1.49. The second kappa shape index (κ2) is 9.08. The monoisotopic (exact) mass is 535 g/mol. The highest BCUT2D eigenvalue weighted by Gasteiger charge is 2.24. The van der Waals surface area contributed by atoms with Gasteiger partial charge >= 0.3 is 0 Å². The molecule has 0 spiro atoms. The number of aryl methyl sites for hydroxylation is 2. The Bertz CT molecular complexity index is 2200. The van der Waals surface area contributed by atoms with Gasteiger partial charge in [0.1, 0.15) is 29.4 Å². The van der Waals surface area contributed by atoms with Gasteiger partial charge in [-0.25, -0.2) is 4.57 Å². The van der Waals surface area contributed by atoms with Gasteiger partial charge in [0, 0.05) is 39.2 Å². The lowest BCUT2D eigenvalue weighted by atomic mass is 9.87. The van der Waals surface area contributed by atoms with E-state index >= 15 is 0 Å². The molecule has 0 bridgehead atoms. The molecular weight excluding hydrogens is 504 g/mol. The second-order valence-electron chi connectivity index (χ2n) is 12.3. The number of para-hydroxylation sites is 1. The summed E-state index contributed by atoms with van der Waals surface area (Å²) in [7, 11) is 2.08. The van der Waals surface area contributed by atoms with Gasteiger partial charge in [0.05, 0.1) is 17.2 Å². The Hall–Kier alpha value is -4.88. The lowest BCUT2D eigenvalue weighted by Gasteiger charge is -2.18. The molecule has 7 rings (SSSR count). The Morgan fingerprint density at radius 2 is 1.46 bits per heavy atom. The summed E-state index contributed by atoms with van der Waals surface area (Å²) in [5.41, 5.74) is 10.3. The largest absolute Gasteiger partial charge is 0.456 e. The SMILES string of the molecule is Cc1ccc2c(oc3c(-c4ccc5c(c4)oc4ccccc45)c(C#N)ccc32)c1-c1cc(CC(C)(C)C)cc[n+]1C. The first-order chi connectivity index (χ1) is 19.7. The van der Waals surface area contributed by atoms with Crippen molar-refractivity contribution >= 4 is 43.9 Å². The highest BCUT2D eigenvalue weighted by molar-refractivity contribution is 6.14. The third-order valence-corrected chi connectivity index (χ3v) is 8.01. The molecule has 0 radical (unpaired) electrons. The number of pyridine rings is 1. The van der Waals surface area contributed by atoms with E-state index in [0.717, 1.165) is 78.2 Å². The van der Waals surface area contributed by atoms with Crippen molar-refractivity contribution in [2.24, 2.45) is 12.5 Å². The second-order valence-corrected chi connectivity index (χ2v) is 12.3. The number of benzene rings is 4. The number of nitrogens with zero attached hydrogens (tertiary/aromatic N) is 2. The van der Waals surface area contributed by atoms with Crippen LogP contribution in [-0.4, -0.2) is 0 Å². The van der Waals surface area contributed by atoms with Crippen molar-refractivity contribution in [2.75, 3.05) is 0 Å². The highest BCUT2D eigenvalue weighted by atomic mass is 16.3. The van der Waals surface area contributed by atoms with E-state index in [4.69, 9.17) is 8.83 Å². The Kier molecular flexibility index (Phi) is 5.56. The summed E-state index contributed by atoms with van der Waals surface area (Å²) < 4.78 is 15.2. The highest BCUT2D eigenvalue weighted by Crippen LogP contribution is 2.43. The standard InChI is InChI=1S/C37H31N2O2/c1-22-10-13-28-29-15-12-25(21-38)34(24-11-14-27-26-8-6-7-9-31(26)40-32(27)19-24)36(29)41-35(28)33(22)30-18-23(16-17-39(30)5)20-37(2,3)4/h6-19H,20H2,1-5H3/q+1. The minimum Gasteiger partial charge on any atom is -0.456 e. The van der Waals surface area contributed by atoms with Crippen molar-refractivity contribution in [3.05, 3.63) is 102 Å². The van der Waals surface area contributed by atoms with Crippen LogP contribution >= 0.6 is 0 Å². The number of rotatable bonds is 3. The quantitative estimate of drug-likeness (QED) is 0.212. The van der Waals surface area contributed by atoms with Gasteiger partial charge < -0.3 is 8.83 Å². The van der Waals surface area contributed by atoms with Gasteiger partial charge in [-0.1, -0.05) is 57.2 Å². The Labute approximate surface area is 239 Å². The molecule has 3 heterocycles. The van der Waals surface area contributed by atoms with E-state index in [-0.39, 0.29) is 5.41 Å². The summed E-state index contributed by atoms with van der Waals surface area (Å²) in [5.74, 6) is 0. The van der Waals surface area contributed by atoms with Gasteiger partial charge in [0.15, 0.2) is 6.20 Å². The van der Waals surface area contributed by atoms with Gasteiger partial charge in [-0.15, -0.1) is 0 Å². The van der Waals surface area contributed by atoms with E-state index < -0.39 is 0 Å². The molecule has 0 aliphatic rings. The maximum atomic E-state index is 10.2. The number of fused-ring (bicyclic) bond motifs is 6. The van der Waals surface area contributed by atoms with Crippen molar-refractivity contribution in [1.82, 2.24) is 0 Å². The fourth-order valence-electron chi connectivity index (χ4n) is 6.17. The summed E-state index contributed by atoms with van der Waals surface area (Å²) >= 11 is 0. The van der Waals surface area contributed by atoms with Crippen molar-refractivity contribution in [1.29, 1.82) is 5.26 Å². The molecule has 0 aliphatic carbocycles. The van der Waals surface area contributed by atoms with Gasteiger partial charge in [0.2, 0.25) is 5.69 Å². The zero-order valence-corrected chi connectivity index (χ0v) is 24.0. The van der Waals surface area contributed by atoms with E-state index in [1.807, 2.05) is 36.4 Å². The van der Waals surface area contributed by atoms with E-state index in [1.54, 1.807) is 0 Å². The molecule has 0 N–H and O–H groups in total. The zero-order valence-electron chi connectivity index (χ0n) is 24.0. The molecule has 0 saturated carbocycles. The number of furan rings is 2. The van der Waals surface area contributed by atoms with Crippen LogP contribution in [-0.2, 0) is 13.5 Å². The number of nitriles is 1. The van der Waals surface area contributed by atoms with E-state index in [9.17, 15) is 5.26 Å². The summed E-state index contributed by atoms with van der Waals surface area (Å²) in [6, 6.07) is 29.3. The topological polar surface area (TPSA) is 54.0 Å². The fraction of sp³-hybridized carbons (Fsp3) is 0.189. The molecule has 41 heavy (non-hydrogen) atoms. The predicted octanol–water partition coefficient (Wildman–Crippen LogP) is 9.41. The molecule has 0 unspecified atom stereocenters. The molecule has 4 aromatic carbocycles. The molecule has 0 fully saturated rings. The van der Waals surface area contributed by atoms with Crippen molar-refractivity contribution in [3.63, 3.8) is 0 Å². The Morgan fingerprint density at radius 3 is 2.24 bits per heavy atom. The normalized spacial score (nSPS) is 12.1. The van der Waals surface area contributed by atoms with Crippen LogP contribution in [0, 0.1) is 23.7 Å². The van der Waals surface area contributed by atoms with Gasteiger partial charge in [-0.3, -0.25) is 0 Å². The van der Waals surface area contributed by atoms with Crippen LogP contribution in [0.15, 0.2) is 93.9 Å². The van der Waals surface area contributed by atoms with Crippen LogP contribution in [0.1, 0.15) is 37.5 Å². The van der Waals surface area contributed by atoms with E-state index in [2.05, 4.69) is 94.0 Å². The summed E-state index contributed by atoms with van der Waals surface area (Å²) in [4.78, 5) is 0. The average molecular weight is 536 g/mol. The maximum absolute atomic E-state index is 10.2. The third-order valence-electron chi connectivity index (χ3n) is 8.01. The van der Waals surface area contributed by atoms with Crippen molar-refractivity contribution in [2.45, 2.75) is 34.1 Å². The molecule has 200 valence electrons. The molecule has 4 nitrogen and oxygen atoms in total. The average Bonchev–Trinajstić information content (AvgIpc) is 3.50.